The number of ether oxygens (including phenoxy) is 4. The van der Waals surface area contributed by atoms with Gasteiger partial charge in [0.15, 0.2) is 12.4 Å². The van der Waals surface area contributed by atoms with Crippen molar-refractivity contribution in [2.75, 3.05) is 19.0 Å². The lowest BCUT2D eigenvalue weighted by Gasteiger charge is -2.40. The summed E-state index contributed by atoms with van der Waals surface area (Å²) in [6, 6.07) is 0. The molecule has 0 aliphatic carbocycles. The molecule has 0 spiro atoms. The van der Waals surface area contributed by atoms with Crippen LogP contribution >= 0.6 is 0 Å². The zero-order valence-electron chi connectivity index (χ0n) is 44.5. The maximum absolute atomic E-state index is 12.9. The molecule has 1 fully saturated rings. The molecule has 0 amide bonds. The summed E-state index contributed by atoms with van der Waals surface area (Å²) in [5.74, 6) is -1.95. The van der Waals surface area contributed by atoms with Gasteiger partial charge in [0, 0.05) is 12.8 Å². The molecule has 1 saturated heterocycles. The molecule has 0 aromatic heterocycles. The number of aliphatic hydroxyl groups is 3. The minimum atomic E-state index is -4.60. The molecule has 1 aliphatic heterocycles. The molecule has 69 heavy (non-hydrogen) atoms. The van der Waals surface area contributed by atoms with Gasteiger partial charge in [-0.2, -0.15) is 8.42 Å². The van der Waals surface area contributed by atoms with E-state index in [1.165, 1.54) is 212 Å². The van der Waals surface area contributed by atoms with Crippen LogP contribution in [0.15, 0.2) is 0 Å². The lowest BCUT2D eigenvalue weighted by Crippen LogP contribution is -2.60. The number of aliphatic hydroxyl groups excluding tert-OH is 3. The zero-order chi connectivity index (χ0) is 50.5. The molecule has 0 radical (unpaired) electrons. The normalized spacial score (nSPS) is 19.0. The van der Waals surface area contributed by atoms with Crippen LogP contribution in [0.4, 0.5) is 0 Å². The summed E-state index contributed by atoms with van der Waals surface area (Å²) in [5, 5.41) is 31.1. The molecule has 0 aromatic carbocycles. The number of unbranched alkanes of at least 4 members (excludes halogenated alkanes) is 39. The largest absolute Gasteiger partial charge is 0.462 e. The Morgan fingerprint density at radius 1 is 0.435 bits per heavy atom. The third-order valence-corrected chi connectivity index (χ3v) is 14.7. The van der Waals surface area contributed by atoms with Crippen molar-refractivity contribution in [3.63, 3.8) is 0 Å². The van der Waals surface area contributed by atoms with Crippen LogP contribution in [0.3, 0.4) is 0 Å². The van der Waals surface area contributed by atoms with Crippen molar-refractivity contribution in [3.8, 4) is 0 Å². The van der Waals surface area contributed by atoms with Crippen LogP contribution in [-0.4, -0.2) is 96.0 Å². The van der Waals surface area contributed by atoms with Gasteiger partial charge in [-0.1, -0.05) is 264 Å². The van der Waals surface area contributed by atoms with Crippen LogP contribution in [0.2, 0.25) is 0 Å². The minimum Gasteiger partial charge on any atom is -0.462 e. The predicted octanol–water partition coefficient (Wildman–Crippen LogP) is 14.0. The van der Waals surface area contributed by atoms with E-state index in [1.54, 1.807) is 0 Å². The highest BCUT2D eigenvalue weighted by Crippen LogP contribution is 2.24. The van der Waals surface area contributed by atoms with Crippen LogP contribution in [0, 0.1) is 0 Å². The maximum Gasteiger partial charge on any atom is 0.306 e. The Morgan fingerprint density at radius 3 is 1.06 bits per heavy atom. The number of hydrogen-bond donors (Lipinski definition) is 4. The number of rotatable bonds is 51. The molecule has 4 N–H and O–H groups in total. The summed E-state index contributed by atoms with van der Waals surface area (Å²) in [6.45, 7) is 3.84. The number of hydrogen-bond acceptors (Lipinski definition) is 11. The molecule has 1 rings (SSSR count). The summed E-state index contributed by atoms with van der Waals surface area (Å²) in [6.07, 6.45) is 42.9. The smallest absolute Gasteiger partial charge is 0.306 e. The van der Waals surface area contributed by atoms with Gasteiger partial charge in [-0.15, -0.1) is 0 Å². The third kappa shape index (κ3) is 40.8. The molecule has 6 unspecified atom stereocenters. The molecule has 1 aliphatic rings. The van der Waals surface area contributed by atoms with Gasteiger partial charge in [0.1, 0.15) is 36.8 Å². The number of carbonyl (C=O) groups is 2. The summed E-state index contributed by atoms with van der Waals surface area (Å²) < 4.78 is 54.4. The minimum absolute atomic E-state index is 0.173. The van der Waals surface area contributed by atoms with Crippen LogP contribution < -0.4 is 0 Å². The molecule has 6 atom stereocenters. The van der Waals surface area contributed by atoms with E-state index in [0.717, 1.165) is 38.5 Å². The molecule has 0 aromatic rings. The van der Waals surface area contributed by atoms with Gasteiger partial charge in [-0.25, -0.2) is 0 Å². The Hall–Kier alpha value is -1.35. The Balaban J connectivity index is 2.29. The monoisotopic (exact) mass is 1000 g/mol. The molecular weight excluding hydrogens is 897 g/mol. The quantitative estimate of drug-likeness (QED) is 0.0257. The van der Waals surface area contributed by atoms with Gasteiger partial charge < -0.3 is 34.3 Å². The Kier molecular flexibility index (Phi) is 44.2. The zero-order valence-corrected chi connectivity index (χ0v) is 45.3. The van der Waals surface area contributed by atoms with Crippen molar-refractivity contribution in [2.24, 2.45) is 0 Å². The van der Waals surface area contributed by atoms with E-state index in [-0.39, 0.29) is 19.4 Å². The lowest BCUT2D eigenvalue weighted by molar-refractivity contribution is -0.297. The predicted molar refractivity (Wildman–Crippen MR) is 280 cm³/mol. The van der Waals surface area contributed by atoms with E-state index in [0.29, 0.717) is 12.8 Å². The molecular formula is C56H108O12S. The second kappa shape index (κ2) is 46.4. The molecule has 0 bridgehead atoms. The van der Waals surface area contributed by atoms with Crippen LogP contribution in [0.25, 0.3) is 0 Å². The number of esters is 2. The molecule has 410 valence electrons. The van der Waals surface area contributed by atoms with Crippen molar-refractivity contribution in [1.82, 2.24) is 0 Å². The summed E-state index contributed by atoms with van der Waals surface area (Å²) >= 11 is 0. The highest BCUT2D eigenvalue weighted by atomic mass is 32.2. The fourth-order valence-electron chi connectivity index (χ4n) is 9.45. The topological polar surface area (TPSA) is 186 Å². The molecule has 12 nitrogen and oxygen atoms in total. The first kappa shape index (κ1) is 65.7. The van der Waals surface area contributed by atoms with Gasteiger partial charge in [-0.3, -0.25) is 14.1 Å². The van der Waals surface area contributed by atoms with Gasteiger partial charge in [0.25, 0.3) is 10.1 Å². The van der Waals surface area contributed by atoms with Gasteiger partial charge in [0.2, 0.25) is 0 Å². The summed E-state index contributed by atoms with van der Waals surface area (Å²) in [7, 11) is -4.60. The Bertz CT molecular complexity index is 1270. The standard InChI is InChI=1S/C56H108O12S/c1-3-5-7-9-11-13-15-17-19-21-23-25-27-29-31-33-35-37-39-41-43-45-52(58)67-49(47-66-56-55(61)54(60)53(59)50(68-56)48-69(62,63)64)46-65-51(57)44-42-40-38-36-34-32-30-28-26-24-22-20-18-16-14-12-10-8-6-4-2/h49-50,53-56,59-61H,3-48H2,1-2H3,(H,62,63,64). The second-order valence-electron chi connectivity index (χ2n) is 20.7. The average molecular weight is 1010 g/mol. The first-order chi connectivity index (χ1) is 33.5. The van der Waals surface area contributed by atoms with E-state index < -0.39 is 71.2 Å². The van der Waals surface area contributed by atoms with E-state index in [2.05, 4.69) is 13.8 Å². The Labute approximate surface area is 423 Å². The van der Waals surface area contributed by atoms with Crippen molar-refractivity contribution in [2.45, 2.75) is 327 Å². The van der Waals surface area contributed by atoms with Crippen molar-refractivity contribution in [3.05, 3.63) is 0 Å². The molecule has 1 heterocycles. The fourth-order valence-corrected chi connectivity index (χ4v) is 10.1. The van der Waals surface area contributed by atoms with E-state index >= 15 is 0 Å². The molecule has 0 saturated carbocycles. The van der Waals surface area contributed by atoms with E-state index in [9.17, 15) is 37.9 Å². The molecule has 13 heteroatoms. The third-order valence-electron chi connectivity index (χ3n) is 13.9. The van der Waals surface area contributed by atoms with Crippen LogP contribution in [0.1, 0.15) is 290 Å². The summed E-state index contributed by atoms with van der Waals surface area (Å²) in [4.78, 5) is 25.6. The fraction of sp³-hybridized carbons (Fsp3) is 0.964. The lowest BCUT2D eigenvalue weighted by atomic mass is 10.00. The van der Waals surface area contributed by atoms with Gasteiger partial charge >= 0.3 is 11.9 Å². The van der Waals surface area contributed by atoms with Gasteiger partial charge in [-0.05, 0) is 12.8 Å². The van der Waals surface area contributed by atoms with Gasteiger partial charge in [0.05, 0.1) is 6.61 Å². The van der Waals surface area contributed by atoms with E-state index in [4.69, 9.17) is 18.9 Å². The second-order valence-corrected chi connectivity index (χ2v) is 22.2. The first-order valence-corrected chi connectivity index (χ1v) is 30.7. The van der Waals surface area contributed by atoms with Crippen molar-refractivity contribution in [1.29, 1.82) is 0 Å². The highest BCUT2D eigenvalue weighted by molar-refractivity contribution is 7.85. The van der Waals surface area contributed by atoms with Crippen LogP contribution in [0.5, 0.6) is 0 Å². The van der Waals surface area contributed by atoms with Crippen molar-refractivity contribution < 1.29 is 56.8 Å². The van der Waals surface area contributed by atoms with E-state index in [1.807, 2.05) is 0 Å². The Morgan fingerprint density at radius 2 is 0.739 bits per heavy atom. The van der Waals surface area contributed by atoms with Crippen LogP contribution in [-0.2, 0) is 38.7 Å². The number of carbonyl (C=O) groups excluding carboxylic acids is 2. The average Bonchev–Trinajstić information content (AvgIpc) is 3.32. The SMILES string of the molecule is CCCCCCCCCCCCCCCCCCCCCCCC(=O)OC(COC(=O)CCCCCCCCCCCCCCCCCCCCCC)COC1OC(CS(=O)(=O)O)C(O)C(O)C1O. The highest BCUT2D eigenvalue weighted by Gasteiger charge is 2.46. The maximum atomic E-state index is 12.9. The van der Waals surface area contributed by atoms with Crippen molar-refractivity contribution >= 4 is 22.1 Å². The first-order valence-electron chi connectivity index (χ1n) is 29.1. The summed E-state index contributed by atoms with van der Waals surface area (Å²) in [5.41, 5.74) is 0.